The van der Waals surface area contributed by atoms with Gasteiger partial charge in [-0.2, -0.15) is 0 Å². The molecular weight excluding hydrogens is 380 g/mol. The lowest BCUT2D eigenvalue weighted by Crippen LogP contribution is -2.49. The normalized spacial score (nSPS) is 19.1. The molecule has 1 heterocycles. The van der Waals surface area contributed by atoms with Gasteiger partial charge in [0.15, 0.2) is 10.9 Å². The van der Waals surface area contributed by atoms with Gasteiger partial charge in [-0.05, 0) is 73.8 Å². The number of rotatable bonds is 5. The van der Waals surface area contributed by atoms with Crippen molar-refractivity contribution in [2.45, 2.75) is 45.6 Å². The summed E-state index contributed by atoms with van der Waals surface area (Å²) in [5, 5.41) is 4.12. The maximum absolute atomic E-state index is 12.8. The van der Waals surface area contributed by atoms with Crippen LogP contribution in [0.25, 0.3) is 0 Å². The molecule has 1 aliphatic heterocycles. The zero-order valence-electron chi connectivity index (χ0n) is 16.9. The average Bonchev–Trinajstić information content (AvgIpc) is 2.71. The van der Waals surface area contributed by atoms with E-state index in [9.17, 15) is 4.79 Å². The molecule has 1 aliphatic carbocycles. The molecule has 0 radical (unpaired) electrons. The molecule has 1 atom stereocenters. The van der Waals surface area contributed by atoms with Crippen molar-refractivity contribution in [3.63, 3.8) is 0 Å². The van der Waals surface area contributed by atoms with Crippen LogP contribution < -0.4 is 10.1 Å². The van der Waals surface area contributed by atoms with Gasteiger partial charge in [0.05, 0.1) is 6.04 Å². The van der Waals surface area contributed by atoms with Gasteiger partial charge in [-0.3, -0.25) is 4.79 Å². The highest BCUT2D eigenvalue weighted by Crippen LogP contribution is 2.38. The second kappa shape index (κ2) is 8.37. The van der Waals surface area contributed by atoms with Crippen LogP contribution in [0.4, 0.5) is 0 Å². The summed E-state index contributed by atoms with van der Waals surface area (Å²) in [5.41, 5.74) is 4.18. The van der Waals surface area contributed by atoms with Crippen LogP contribution in [0.2, 0.25) is 0 Å². The monoisotopic (exact) mass is 406 g/mol. The standard InChI is InChI=1S/C24H26N2O2S/c1-3-14-26-20-8-5-9-21(27)22(20)23(25-24(26)29)17-10-12-18(13-11-17)28-19-7-4-6-16(2)15-19/h4,6-7,10-13,15,23H,3,5,8-9,14H2,1-2H3,(H,25,29). The number of allylic oxidation sites excluding steroid dienone is 1. The zero-order chi connectivity index (χ0) is 20.4. The van der Waals surface area contributed by atoms with Crippen LogP contribution in [0, 0.1) is 6.92 Å². The summed E-state index contributed by atoms with van der Waals surface area (Å²) >= 11 is 5.65. The highest BCUT2D eigenvalue weighted by atomic mass is 32.1. The van der Waals surface area contributed by atoms with E-state index in [0.717, 1.165) is 59.7 Å². The predicted molar refractivity (Wildman–Crippen MR) is 119 cm³/mol. The summed E-state index contributed by atoms with van der Waals surface area (Å²) in [4.78, 5) is 14.9. The number of nitrogens with zero attached hydrogens (tertiary/aromatic N) is 1. The second-order valence-electron chi connectivity index (χ2n) is 7.66. The fraction of sp³-hybridized carbons (Fsp3) is 0.333. The van der Waals surface area contributed by atoms with E-state index in [1.54, 1.807) is 0 Å². The Morgan fingerprint density at radius 3 is 2.66 bits per heavy atom. The van der Waals surface area contributed by atoms with Crippen LogP contribution in [0.15, 0.2) is 59.8 Å². The zero-order valence-corrected chi connectivity index (χ0v) is 17.7. The van der Waals surface area contributed by atoms with E-state index in [4.69, 9.17) is 17.0 Å². The fourth-order valence-electron chi connectivity index (χ4n) is 4.10. The third-order valence-corrected chi connectivity index (χ3v) is 5.78. The number of carbonyl (C=O) groups is 1. The largest absolute Gasteiger partial charge is 0.457 e. The molecule has 0 saturated heterocycles. The first-order valence-corrected chi connectivity index (χ1v) is 10.7. The first-order chi connectivity index (χ1) is 14.1. The first kappa shape index (κ1) is 19.6. The van der Waals surface area contributed by atoms with E-state index in [0.29, 0.717) is 11.5 Å². The quantitative estimate of drug-likeness (QED) is 0.670. The maximum atomic E-state index is 12.8. The number of benzene rings is 2. The molecule has 4 nitrogen and oxygen atoms in total. The molecule has 0 aromatic heterocycles. The van der Waals surface area contributed by atoms with Gasteiger partial charge in [0, 0.05) is 24.2 Å². The molecule has 150 valence electrons. The summed E-state index contributed by atoms with van der Waals surface area (Å²) in [7, 11) is 0. The Morgan fingerprint density at radius 2 is 1.93 bits per heavy atom. The van der Waals surface area contributed by atoms with E-state index in [1.165, 1.54) is 0 Å². The SMILES string of the molecule is CCCN1C(=S)NC(c2ccc(Oc3cccc(C)c3)cc2)C2=C1CCCC2=O. The lowest BCUT2D eigenvalue weighted by Gasteiger charge is -2.41. The molecule has 0 fully saturated rings. The van der Waals surface area contributed by atoms with Crippen LogP contribution in [0.5, 0.6) is 11.5 Å². The van der Waals surface area contributed by atoms with Gasteiger partial charge >= 0.3 is 0 Å². The van der Waals surface area contributed by atoms with Crippen LogP contribution in [0.1, 0.15) is 49.8 Å². The van der Waals surface area contributed by atoms with Crippen LogP contribution >= 0.6 is 12.2 Å². The molecule has 0 bridgehead atoms. The highest BCUT2D eigenvalue weighted by Gasteiger charge is 2.36. The average molecular weight is 407 g/mol. The van der Waals surface area contributed by atoms with E-state index < -0.39 is 0 Å². The highest BCUT2D eigenvalue weighted by molar-refractivity contribution is 7.80. The lowest BCUT2D eigenvalue weighted by atomic mass is 9.85. The summed E-state index contributed by atoms with van der Waals surface area (Å²) < 4.78 is 5.97. The summed E-state index contributed by atoms with van der Waals surface area (Å²) in [6.45, 7) is 5.02. The number of hydrogen-bond donors (Lipinski definition) is 1. The summed E-state index contributed by atoms with van der Waals surface area (Å²) in [6, 6.07) is 15.7. The van der Waals surface area contributed by atoms with Crippen LogP contribution in [0.3, 0.4) is 0 Å². The van der Waals surface area contributed by atoms with Crippen LogP contribution in [-0.4, -0.2) is 22.3 Å². The number of carbonyl (C=O) groups excluding carboxylic acids is 1. The van der Waals surface area contributed by atoms with Crippen molar-refractivity contribution in [3.05, 3.63) is 70.9 Å². The van der Waals surface area contributed by atoms with Gasteiger partial charge in [0.1, 0.15) is 11.5 Å². The number of hydrogen-bond acceptors (Lipinski definition) is 3. The number of ketones is 1. The summed E-state index contributed by atoms with van der Waals surface area (Å²) in [5.74, 6) is 1.82. The number of aryl methyl sites for hydroxylation is 1. The topological polar surface area (TPSA) is 41.6 Å². The third-order valence-electron chi connectivity index (χ3n) is 5.44. The van der Waals surface area contributed by atoms with E-state index >= 15 is 0 Å². The molecule has 29 heavy (non-hydrogen) atoms. The fourth-order valence-corrected chi connectivity index (χ4v) is 4.42. The minimum Gasteiger partial charge on any atom is -0.457 e. The minimum atomic E-state index is -0.188. The second-order valence-corrected chi connectivity index (χ2v) is 8.05. The van der Waals surface area contributed by atoms with Gasteiger partial charge in [0.2, 0.25) is 0 Å². The van der Waals surface area contributed by atoms with Gasteiger partial charge in [-0.15, -0.1) is 0 Å². The molecule has 5 heteroatoms. The van der Waals surface area contributed by atoms with Gasteiger partial charge in [0.25, 0.3) is 0 Å². The Balaban J connectivity index is 1.62. The molecule has 0 amide bonds. The Morgan fingerprint density at radius 1 is 1.14 bits per heavy atom. The Hall–Kier alpha value is -2.66. The molecule has 1 unspecified atom stereocenters. The lowest BCUT2D eigenvalue weighted by molar-refractivity contribution is -0.116. The van der Waals surface area contributed by atoms with Crippen molar-refractivity contribution in [1.29, 1.82) is 0 Å². The van der Waals surface area contributed by atoms with E-state index in [2.05, 4.69) is 17.1 Å². The number of ether oxygens (including phenoxy) is 1. The number of Topliss-reactive ketones (excluding diaryl/α,β-unsaturated/α-hetero) is 1. The molecule has 2 aliphatic rings. The summed E-state index contributed by atoms with van der Waals surface area (Å²) in [6.07, 6.45) is 3.41. The van der Waals surface area contributed by atoms with Crippen molar-refractivity contribution >= 4 is 23.1 Å². The number of thiocarbonyl (C=S) groups is 1. The Kier molecular flexibility index (Phi) is 5.67. The van der Waals surface area contributed by atoms with Crippen molar-refractivity contribution in [3.8, 4) is 11.5 Å². The Labute approximate surface area is 177 Å². The van der Waals surface area contributed by atoms with Crippen molar-refractivity contribution < 1.29 is 9.53 Å². The smallest absolute Gasteiger partial charge is 0.173 e. The molecule has 0 saturated carbocycles. The molecule has 4 rings (SSSR count). The minimum absolute atomic E-state index is 0.188. The van der Waals surface area contributed by atoms with Gasteiger partial charge in [-0.1, -0.05) is 31.2 Å². The van der Waals surface area contributed by atoms with E-state index in [1.807, 2.05) is 55.5 Å². The van der Waals surface area contributed by atoms with Crippen molar-refractivity contribution in [2.75, 3.05) is 6.54 Å². The maximum Gasteiger partial charge on any atom is 0.173 e. The number of nitrogens with one attached hydrogen (secondary N) is 1. The third kappa shape index (κ3) is 4.06. The molecule has 2 aromatic carbocycles. The Bertz CT molecular complexity index is 965. The van der Waals surface area contributed by atoms with Gasteiger partial charge < -0.3 is 15.0 Å². The molecular formula is C24H26N2O2S. The van der Waals surface area contributed by atoms with Crippen molar-refractivity contribution in [1.82, 2.24) is 10.2 Å². The predicted octanol–water partition coefficient (Wildman–Crippen LogP) is 5.44. The van der Waals surface area contributed by atoms with Crippen LogP contribution in [-0.2, 0) is 4.79 Å². The van der Waals surface area contributed by atoms with E-state index in [-0.39, 0.29) is 11.8 Å². The van der Waals surface area contributed by atoms with Gasteiger partial charge in [-0.25, -0.2) is 0 Å². The molecule has 1 N–H and O–H groups in total. The molecule has 2 aromatic rings. The van der Waals surface area contributed by atoms with Crippen molar-refractivity contribution in [2.24, 2.45) is 0 Å². The first-order valence-electron chi connectivity index (χ1n) is 10.3. The molecule has 0 spiro atoms.